The third kappa shape index (κ3) is 3.80. The summed E-state index contributed by atoms with van der Waals surface area (Å²) in [7, 11) is 7.09. The summed E-state index contributed by atoms with van der Waals surface area (Å²) in [5, 5.41) is 4.16. The van der Waals surface area contributed by atoms with Crippen molar-refractivity contribution in [3.05, 3.63) is 18.0 Å². The maximum absolute atomic E-state index is 13.0. The number of hydrogen-bond acceptors (Lipinski definition) is 5. The van der Waals surface area contributed by atoms with Gasteiger partial charge in [-0.2, -0.15) is 5.10 Å². The number of carbonyl (C=O) groups excluding carboxylic acids is 2. The van der Waals surface area contributed by atoms with Crippen LogP contribution in [0.25, 0.3) is 0 Å². The molecule has 6 heteroatoms. The molecule has 1 aliphatic carbocycles. The number of esters is 1. The van der Waals surface area contributed by atoms with Crippen molar-refractivity contribution in [3.63, 3.8) is 0 Å². The Morgan fingerprint density at radius 2 is 2.13 bits per heavy atom. The van der Waals surface area contributed by atoms with Gasteiger partial charge in [-0.25, -0.2) is 0 Å². The molecule has 1 unspecified atom stereocenters. The Morgan fingerprint density at radius 3 is 2.61 bits per heavy atom. The summed E-state index contributed by atoms with van der Waals surface area (Å²) in [4.78, 5) is 27.3. The number of rotatable bonds is 7. The Balaban J connectivity index is 2.17. The van der Waals surface area contributed by atoms with E-state index in [1.54, 1.807) is 10.9 Å². The minimum atomic E-state index is -0.735. The van der Waals surface area contributed by atoms with Crippen LogP contribution in [0.15, 0.2) is 12.4 Å². The van der Waals surface area contributed by atoms with Crippen LogP contribution in [-0.4, -0.2) is 54.2 Å². The van der Waals surface area contributed by atoms with E-state index < -0.39 is 17.3 Å². The zero-order valence-electron chi connectivity index (χ0n) is 14.9. The molecule has 1 heterocycles. The van der Waals surface area contributed by atoms with E-state index in [2.05, 4.69) is 5.10 Å². The Hall–Kier alpha value is -1.69. The van der Waals surface area contributed by atoms with Gasteiger partial charge in [-0.3, -0.25) is 14.3 Å². The number of methoxy groups -OCH3 is 1. The van der Waals surface area contributed by atoms with E-state index in [0.717, 1.165) is 12.0 Å². The smallest absolute Gasteiger partial charge is 0.316 e. The Morgan fingerprint density at radius 1 is 1.48 bits per heavy atom. The predicted molar refractivity (Wildman–Crippen MR) is 86.9 cm³/mol. The molecule has 0 aliphatic heterocycles. The van der Waals surface area contributed by atoms with Gasteiger partial charge in [0.1, 0.15) is 5.92 Å². The van der Waals surface area contributed by atoms with E-state index in [1.165, 1.54) is 7.11 Å². The standard InChI is InChI=1S/C17H27N3O3/c1-17(2,10-19(3)4)14(16(22)23-6)15(21)13-7-12(13)11-8-18-20(5)9-11/h8-9,12-14H,7,10H2,1-6H3/t12-,13+,14?/m0/s1. The molecule has 0 N–H and O–H groups in total. The lowest BCUT2D eigenvalue weighted by molar-refractivity contribution is -0.155. The molecule has 1 aliphatic rings. The molecule has 1 fully saturated rings. The van der Waals surface area contributed by atoms with Crippen LogP contribution in [0.5, 0.6) is 0 Å². The van der Waals surface area contributed by atoms with Crippen LogP contribution < -0.4 is 0 Å². The summed E-state index contributed by atoms with van der Waals surface area (Å²) in [6.45, 7) is 4.55. The van der Waals surface area contributed by atoms with Gasteiger partial charge in [-0.15, -0.1) is 0 Å². The molecule has 1 aromatic heterocycles. The monoisotopic (exact) mass is 321 g/mol. The minimum absolute atomic E-state index is 0.00227. The number of hydrogen-bond donors (Lipinski definition) is 0. The highest BCUT2D eigenvalue weighted by Gasteiger charge is 2.52. The lowest BCUT2D eigenvalue weighted by Gasteiger charge is -2.34. The molecule has 0 spiro atoms. The second-order valence-electron chi connectivity index (χ2n) is 7.48. The second-order valence-corrected chi connectivity index (χ2v) is 7.48. The molecule has 0 amide bonds. The number of ketones is 1. The Bertz CT molecular complexity index is 592. The van der Waals surface area contributed by atoms with Crippen LogP contribution in [-0.2, 0) is 21.4 Å². The lowest BCUT2D eigenvalue weighted by atomic mass is 9.74. The molecule has 23 heavy (non-hydrogen) atoms. The molecule has 6 nitrogen and oxygen atoms in total. The molecule has 3 atom stereocenters. The van der Waals surface area contributed by atoms with E-state index in [9.17, 15) is 9.59 Å². The van der Waals surface area contributed by atoms with E-state index >= 15 is 0 Å². The molecule has 128 valence electrons. The third-order valence-corrected chi connectivity index (χ3v) is 4.54. The number of Topliss-reactive ketones (excluding diaryl/α,β-unsaturated/α-hetero) is 1. The second kappa shape index (κ2) is 6.43. The van der Waals surface area contributed by atoms with Crippen molar-refractivity contribution < 1.29 is 14.3 Å². The number of carbonyl (C=O) groups is 2. The summed E-state index contributed by atoms with van der Waals surface area (Å²) in [5.74, 6) is -1.10. The maximum atomic E-state index is 13.0. The third-order valence-electron chi connectivity index (χ3n) is 4.54. The van der Waals surface area contributed by atoms with E-state index in [0.29, 0.717) is 6.54 Å². The van der Waals surface area contributed by atoms with Crippen LogP contribution in [0.4, 0.5) is 0 Å². The first-order valence-corrected chi connectivity index (χ1v) is 7.92. The van der Waals surface area contributed by atoms with Crippen LogP contribution >= 0.6 is 0 Å². The van der Waals surface area contributed by atoms with Gasteiger partial charge in [0.2, 0.25) is 0 Å². The topological polar surface area (TPSA) is 64.4 Å². The first-order chi connectivity index (χ1) is 10.7. The molecule has 0 saturated heterocycles. The number of ether oxygens (including phenoxy) is 1. The van der Waals surface area contributed by atoms with Crippen molar-refractivity contribution in [2.75, 3.05) is 27.7 Å². The van der Waals surface area contributed by atoms with E-state index in [1.807, 2.05) is 46.1 Å². The van der Waals surface area contributed by atoms with Crippen molar-refractivity contribution in [2.24, 2.45) is 24.3 Å². The van der Waals surface area contributed by atoms with Crippen molar-refractivity contribution in [1.82, 2.24) is 14.7 Å². The highest BCUT2D eigenvalue weighted by atomic mass is 16.5. The molecular formula is C17H27N3O3. The van der Waals surface area contributed by atoms with Gasteiger partial charge in [0.15, 0.2) is 5.78 Å². The van der Waals surface area contributed by atoms with Crippen molar-refractivity contribution >= 4 is 11.8 Å². The van der Waals surface area contributed by atoms with Crippen molar-refractivity contribution in [3.8, 4) is 0 Å². The van der Waals surface area contributed by atoms with Crippen LogP contribution in [0, 0.1) is 17.3 Å². The van der Waals surface area contributed by atoms with Gasteiger partial charge < -0.3 is 9.64 Å². The van der Waals surface area contributed by atoms with Gasteiger partial charge in [0, 0.05) is 25.7 Å². The molecule has 0 radical (unpaired) electrons. The average molecular weight is 321 g/mol. The quantitative estimate of drug-likeness (QED) is 0.562. The molecule has 1 saturated carbocycles. The number of aryl methyl sites for hydroxylation is 1. The summed E-state index contributed by atoms with van der Waals surface area (Å²) >= 11 is 0. The van der Waals surface area contributed by atoms with Crippen LogP contribution in [0.1, 0.15) is 31.7 Å². The zero-order valence-corrected chi connectivity index (χ0v) is 14.9. The fourth-order valence-corrected chi connectivity index (χ4v) is 3.57. The Kier molecular flexibility index (Phi) is 4.94. The Labute approximate surface area is 137 Å². The van der Waals surface area contributed by atoms with Crippen molar-refractivity contribution in [2.45, 2.75) is 26.2 Å². The fourth-order valence-electron chi connectivity index (χ4n) is 3.57. The van der Waals surface area contributed by atoms with Crippen LogP contribution in [0.2, 0.25) is 0 Å². The maximum Gasteiger partial charge on any atom is 0.316 e. The summed E-state index contributed by atoms with van der Waals surface area (Å²) in [6.07, 6.45) is 4.53. The fraction of sp³-hybridized carbons (Fsp3) is 0.706. The zero-order chi connectivity index (χ0) is 17.4. The largest absolute Gasteiger partial charge is 0.468 e. The first-order valence-electron chi connectivity index (χ1n) is 7.92. The van der Waals surface area contributed by atoms with Gasteiger partial charge >= 0.3 is 5.97 Å². The van der Waals surface area contributed by atoms with Gasteiger partial charge in [-0.1, -0.05) is 13.8 Å². The molecular weight excluding hydrogens is 294 g/mol. The van der Waals surface area contributed by atoms with Crippen molar-refractivity contribution in [1.29, 1.82) is 0 Å². The van der Waals surface area contributed by atoms with Gasteiger partial charge in [-0.05, 0) is 37.4 Å². The average Bonchev–Trinajstić information content (AvgIpc) is 3.12. The molecule has 1 aromatic rings. The number of aromatic nitrogens is 2. The summed E-state index contributed by atoms with van der Waals surface area (Å²) in [5.41, 5.74) is 0.593. The lowest BCUT2D eigenvalue weighted by Crippen LogP contribution is -2.44. The van der Waals surface area contributed by atoms with E-state index in [-0.39, 0.29) is 17.6 Å². The molecule has 0 bridgehead atoms. The molecule has 0 aromatic carbocycles. The SMILES string of the molecule is COC(=O)C(C(=O)[C@@H]1C[C@H]1c1cnn(C)c1)C(C)(C)CN(C)C. The molecule has 2 rings (SSSR count). The summed E-state index contributed by atoms with van der Waals surface area (Å²) < 4.78 is 6.67. The van der Waals surface area contributed by atoms with Gasteiger partial charge in [0.05, 0.1) is 13.3 Å². The first kappa shape index (κ1) is 17.7. The van der Waals surface area contributed by atoms with Gasteiger partial charge in [0.25, 0.3) is 0 Å². The normalized spacial score (nSPS) is 22.0. The predicted octanol–water partition coefficient (Wildman–Crippen LogP) is 1.47. The number of nitrogens with zero attached hydrogens (tertiary/aromatic N) is 3. The van der Waals surface area contributed by atoms with Crippen LogP contribution in [0.3, 0.4) is 0 Å². The summed E-state index contributed by atoms with van der Waals surface area (Å²) in [6, 6.07) is 0. The minimum Gasteiger partial charge on any atom is -0.468 e. The highest BCUT2D eigenvalue weighted by molar-refractivity contribution is 6.02. The van der Waals surface area contributed by atoms with E-state index in [4.69, 9.17) is 4.74 Å². The highest BCUT2D eigenvalue weighted by Crippen LogP contribution is 2.50.